The van der Waals surface area contributed by atoms with Crippen LogP contribution >= 0.6 is 0 Å². The summed E-state index contributed by atoms with van der Waals surface area (Å²) >= 11 is 0. The minimum atomic E-state index is 0.0185. The van der Waals surface area contributed by atoms with E-state index in [0.717, 1.165) is 0 Å². The predicted molar refractivity (Wildman–Crippen MR) is 230 cm³/mol. The van der Waals surface area contributed by atoms with Gasteiger partial charge in [0.15, 0.2) is 0 Å². The van der Waals surface area contributed by atoms with E-state index in [9.17, 15) is 0 Å². The van der Waals surface area contributed by atoms with Crippen molar-refractivity contribution in [1.29, 1.82) is 0 Å². The Kier molecular flexibility index (Phi) is 5.87. The number of aromatic amines is 3. The van der Waals surface area contributed by atoms with Crippen LogP contribution in [0.1, 0.15) is 179 Å². The summed E-state index contributed by atoms with van der Waals surface area (Å²) in [5, 5.41) is 0. The highest BCUT2D eigenvalue weighted by Crippen LogP contribution is 2.64. The Balaban J connectivity index is 1.11. The van der Waals surface area contributed by atoms with Crippen LogP contribution in [0.4, 0.5) is 0 Å². The van der Waals surface area contributed by atoms with Gasteiger partial charge in [0.25, 0.3) is 0 Å². The number of rotatable bonds is 0. The van der Waals surface area contributed by atoms with E-state index in [0.29, 0.717) is 47.3 Å². The first-order valence-corrected chi connectivity index (χ1v) is 21.9. The van der Waals surface area contributed by atoms with Gasteiger partial charge in [-0.1, -0.05) is 104 Å². The summed E-state index contributed by atoms with van der Waals surface area (Å²) in [4.78, 5) is 18.5. The fourth-order valence-electron chi connectivity index (χ4n) is 14.7. The van der Waals surface area contributed by atoms with Crippen molar-refractivity contribution >= 4 is 23.9 Å². The van der Waals surface area contributed by atoms with Crippen molar-refractivity contribution < 1.29 is 0 Å². The monoisotopic (exact) mass is 736 g/mol. The van der Waals surface area contributed by atoms with E-state index in [2.05, 4.69) is 143 Å². The summed E-state index contributed by atoms with van der Waals surface area (Å²) in [6, 6.07) is 0.0185. The van der Waals surface area contributed by atoms with Crippen molar-refractivity contribution in [3.8, 4) is 11.4 Å². The highest BCUT2D eigenvalue weighted by atomic mass is 14.9. The van der Waals surface area contributed by atoms with Crippen LogP contribution in [0.25, 0.3) is 29.6 Å². The molecule has 9 unspecified atom stereocenters. The van der Waals surface area contributed by atoms with Gasteiger partial charge in [-0.2, -0.15) is 0 Å². The van der Waals surface area contributed by atoms with Crippen LogP contribution in [0.15, 0.2) is 70.8 Å². The van der Waals surface area contributed by atoms with Crippen LogP contribution in [0.3, 0.4) is 0 Å². The zero-order valence-electron chi connectivity index (χ0n) is 34.4. The Bertz CT molecular complexity index is 2600. The Morgan fingerprint density at radius 1 is 0.446 bits per heavy atom. The number of aromatic nitrogens is 3. The number of hydrogen-bond acceptors (Lipinski definition) is 1. The molecule has 3 N–H and O–H groups in total. The van der Waals surface area contributed by atoms with Gasteiger partial charge in [0.2, 0.25) is 0 Å². The summed E-state index contributed by atoms with van der Waals surface area (Å²) in [7, 11) is 0. The number of hydrogen-bond donors (Lipinski definition) is 3. The topological polar surface area (TPSA) is 59.7 Å². The smallest absolute Gasteiger partial charge is 0.113 e. The molecule has 3 aromatic rings. The maximum Gasteiger partial charge on any atom is 0.113 e. The molecule has 56 heavy (non-hydrogen) atoms. The molecule has 0 fully saturated rings. The molecule has 4 heteroatoms. The zero-order chi connectivity index (χ0) is 38.0. The third-order valence-electron chi connectivity index (χ3n) is 17.1. The summed E-state index contributed by atoms with van der Waals surface area (Å²) in [6.45, 7) is 19.9. The summed E-state index contributed by atoms with van der Waals surface area (Å²) in [6.07, 6.45) is 34.8. The Labute approximate surface area is 332 Å². The van der Waals surface area contributed by atoms with Gasteiger partial charge in [-0.3, -0.25) is 4.99 Å². The lowest BCUT2D eigenvalue weighted by Crippen LogP contribution is -2.38. The fraction of sp³-hybridized carbons (Fsp3) is 0.481. The lowest BCUT2D eigenvalue weighted by molar-refractivity contribution is 0.212. The van der Waals surface area contributed by atoms with Crippen molar-refractivity contribution in [1.82, 2.24) is 15.0 Å². The largest absolute Gasteiger partial charge is 0.356 e. The minimum absolute atomic E-state index is 0.0185. The molecule has 17 rings (SSSR count). The minimum Gasteiger partial charge on any atom is -0.356 e. The highest BCUT2D eigenvalue weighted by molar-refractivity contribution is 6.14. The average Bonchev–Trinajstić information content (AvgIpc) is 3.91. The van der Waals surface area contributed by atoms with Gasteiger partial charge >= 0.3 is 0 Å². The van der Waals surface area contributed by atoms with Gasteiger partial charge in [-0.15, -0.1) is 0 Å². The van der Waals surface area contributed by atoms with E-state index in [1.807, 2.05) is 0 Å². The first-order chi connectivity index (χ1) is 26.7. The summed E-state index contributed by atoms with van der Waals surface area (Å²) in [5.74, 6) is 3.16. The molecule has 0 saturated carbocycles. The summed E-state index contributed by atoms with van der Waals surface area (Å²) < 4.78 is 0. The second-order valence-electron chi connectivity index (χ2n) is 22.4. The molecule has 14 aliphatic rings. The molecule has 0 radical (unpaired) electrons. The molecule has 12 aliphatic carbocycles. The summed E-state index contributed by atoms with van der Waals surface area (Å²) in [5.41, 5.74) is 22.1. The van der Waals surface area contributed by atoms with Crippen LogP contribution in [-0.4, -0.2) is 20.7 Å². The first-order valence-electron chi connectivity index (χ1n) is 21.9. The molecule has 5 heterocycles. The predicted octanol–water partition coefficient (Wildman–Crippen LogP) is 13.1. The van der Waals surface area contributed by atoms with Gasteiger partial charge in [-0.05, 0) is 116 Å². The third kappa shape index (κ3) is 3.90. The molecule has 3 aromatic heterocycles. The van der Waals surface area contributed by atoms with Gasteiger partial charge < -0.3 is 15.0 Å². The molecule has 284 valence electrons. The van der Waals surface area contributed by atoms with E-state index >= 15 is 0 Å². The number of nitrogens with one attached hydrogen (secondary N) is 3. The lowest BCUT2D eigenvalue weighted by atomic mass is 9.56. The second kappa shape index (κ2) is 10.0. The number of aliphatic imine (C=N–C) groups is 1. The number of nitrogens with zero attached hydrogens (tertiary/aromatic N) is 1. The zero-order valence-corrected chi connectivity index (χ0v) is 34.4. The highest BCUT2D eigenvalue weighted by Gasteiger charge is 2.53. The van der Waals surface area contributed by atoms with E-state index in [4.69, 9.17) is 4.99 Å². The molecule has 0 aromatic carbocycles. The molecule has 9 atom stereocenters. The molecular formula is C52H56N4. The van der Waals surface area contributed by atoms with Crippen molar-refractivity contribution in [2.45, 2.75) is 123 Å². The van der Waals surface area contributed by atoms with Crippen LogP contribution in [0.2, 0.25) is 0 Å². The second-order valence-corrected chi connectivity index (χ2v) is 22.4. The van der Waals surface area contributed by atoms with Crippen LogP contribution in [0, 0.1) is 33.5 Å². The fourth-order valence-corrected chi connectivity index (χ4v) is 14.7. The van der Waals surface area contributed by atoms with Crippen LogP contribution < -0.4 is 0 Å². The van der Waals surface area contributed by atoms with E-state index in [-0.39, 0.29) is 27.7 Å². The molecule has 4 nitrogen and oxygen atoms in total. The van der Waals surface area contributed by atoms with Gasteiger partial charge in [0, 0.05) is 70.1 Å². The number of H-pyrrole nitrogens is 3. The van der Waals surface area contributed by atoms with Crippen LogP contribution in [-0.2, 0) is 0 Å². The van der Waals surface area contributed by atoms with Crippen molar-refractivity contribution in [3.63, 3.8) is 0 Å². The molecular weight excluding hydrogens is 681 g/mol. The van der Waals surface area contributed by atoms with Gasteiger partial charge in [-0.25, -0.2) is 0 Å². The van der Waals surface area contributed by atoms with Gasteiger partial charge in [0.1, 0.15) is 6.04 Å². The number of fused-ring (bicyclic) bond motifs is 13. The quantitative estimate of drug-likeness (QED) is 0.193. The normalized spacial score (nSPS) is 37.4. The molecule has 0 amide bonds. The maximum absolute atomic E-state index is 5.88. The van der Waals surface area contributed by atoms with E-state index < -0.39 is 0 Å². The van der Waals surface area contributed by atoms with Gasteiger partial charge in [0.05, 0.1) is 17.1 Å². The number of allylic oxidation sites excluding steroid dienone is 10. The first kappa shape index (κ1) is 32.7. The van der Waals surface area contributed by atoms with Crippen molar-refractivity contribution in [3.05, 3.63) is 122 Å². The Hall–Kier alpha value is -4.31. The standard InChI is InChI=1S/C52H56N4/c1-49(2)23-27-11-13-29(49)41-35-19-17-33-37-25-10-16-32(52(7,8)21-25)44(37)48(54-33)46-40-28-12-14-30(50(3,4)24-28)42(40)36(56-46)20-18-34-38-26-9-15-31(51(5,6)22-26)43(38)47(53-34)45(55-35)39(27)41/h9-20,25-32,45,53-54,56H,21-24H2,1-8H3/b19-17-,20-18-. The Morgan fingerprint density at radius 2 is 0.893 bits per heavy atom. The lowest BCUT2D eigenvalue weighted by Gasteiger charge is -2.47. The SMILES string of the molecule is CC1(C)CC2C=CC1C1=C2C2N=C1/C=C\c1[nH]c(c3c1C1C=CC3C(C)(C)C1)-c1[nH]c(c3c1C1C=CC3C(C)(C)C1)/C=C\c1[nH]c2c2c1C1C=CC2C(C)(C)C1. The molecule has 0 spiro atoms. The average molecular weight is 737 g/mol. The van der Waals surface area contributed by atoms with Crippen LogP contribution in [0.5, 0.6) is 0 Å². The van der Waals surface area contributed by atoms with Crippen molar-refractivity contribution in [2.24, 2.45) is 38.5 Å². The van der Waals surface area contributed by atoms with E-state index in [1.54, 1.807) is 11.1 Å². The van der Waals surface area contributed by atoms with Crippen molar-refractivity contribution in [2.75, 3.05) is 0 Å². The van der Waals surface area contributed by atoms with E-state index in [1.165, 1.54) is 98.9 Å². The molecule has 0 saturated heterocycles. The Morgan fingerprint density at radius 3 is 1.52 bits per heavy atom. The molecule has 16 bridgehead atoms. The molecule has 2 aliphatic heterocycles. The third-order valence-corrected chi connectivity index (χ3v) is 17.1. The maximum atomic E-state index is 5.88.